The van der Waals surface area contributed by atoms with Crippen LogP contribution in [0.3, 0.4) is 0 Å². The van der Waals surface area contributed by atoms with Crippen LogP contribution in [0.25, 0.3) is 0 Å². The lowest BCUT2D eigenvalue weighted by molar-refractivity contribution is -0.139. The molecule has 1 aromatic heterocycles. The van der Waals surface area contributed by atoms with Crippen LogP contribution in [0, 0.1) is 0 Å². The topological polar surface area (TPSA) is 75.6 Å². The van der Waals surface area contributed by atoms with Gasteiger partial charge >= 0.3 is 5.97 Å². The Labute approximate surface area is 123 Å². The molecule has 1 fully saturated rings. The van der Waals surface area contributed by atoms with Crippen molar-refractivity contribution in [2.24, 2.45) is 0 Å². The summed E-state index contributed by atoms with van der Waals surface area (Å²) >= 11 is 1.02. The average molecular weight is 319 g/mol. The first-order chi connectivity index (χ1) is 9.93. The maximum Gasteiger partial charge on any atom is 0.305 e. The highest BCUT2D eigenvalue weighted by molar-refractivity contribution is 7.08. The van der Waals surface area contributed by atoms with Crippen molar-refractivity contribution in [2.75, 3.05) is 13.2 Å². The second-order valence-electron chi connectivity index (χ2n) is 4.96. The Morgan fingerprint density at radius 2 is 2.05 bits per heavy atom. The number of amides is 1. The highest BCUT2D eigenvalue weighted by Crippen LogP contribution is 2.29. The first-order valence-electron chi connectivity index (χ1n) is 6.40. The van der Waals surface area contributed by atoms with Gasteiger partial charge in [0, 0.05) is 29.5 Å². The second kappa shape index (κ2) is 6.48. The standard InChI is InChI=1S/C13H15F2NO4S/c14-11(15)8-6-21-7-9(8)12(19)16-13(5-10(17)18)1-3-20-4-2-13/h6-7,11H,1-5H2,(H,16,19)(H,17,18). The van der Waals surface area contributed by atoms with E-state index in [1.165, 1.54) is 10.8 Å². The predicted molar refractivity (Wildman–Crippen MR) is 71.8 cm³/mol. The number of carboxylic acids is 1. The molecule has 21 heavy (non-hydrogen) atoms. The Hall–Kier alpha value is -1.54. The van der Waals surface area contributed by atoms with Gasteiger partial charge in [-0.2, -0.15) is 11.3 Å². The fourth-order valence-electron chi connectivity index (χ4n) is 2.37. The Bertz CT molecular complexity index is 526. The number of hydrogen-bond donors (Lipinski definition) is 2. The van der Waals surface area contributed by atoms with Crippen LogP contribution < -0.4 is 5.32 Å². The number of nitrogens with one attached hydrogen (secondary N) is 1. The van der Waals surface area contributed by atoms with Crippen molar-refractivity contribution >= 4 is 23.2 Å². The molecule has 116 valence electrons. The van der Waals surface area contributed by atoms with Gasteiger partial charge in [-0.05, 0) is 12.8 Å². The molecule has 8 heteroatoms. The Morgan fingerprint density at radius 3 is 2.62 bits per heavy atom. The number of carbonyl (C=O) groups is 2. The molecule has 0 spiro atoms. The molecule has 0 unspecified atom stereocenters. The predicted octanol–water partition coefficient (Wildman–Crippen LogP) is 2.44. The van der Waals surface area contributed by atoms with Crippen LogP contribution in [0.1, 0.15) is 41.6 Å². The normalized spacial score (nSPS) is 17.7. The molecule has 0 atom stereocenters. The van der Waals surface area contributed by atoms with Crippen molar-refractivity contribution < 1.29 is 28.2 Å². The number of halogens is 2. The van der Waals surface area contributed by atoms with Crippen molar-refractivity contribution in [2.45, 2.75) is 31.2 Å². The van der Waals surface area contributed by atoms with Crippen LogP contribution in [0.5, 0.6) is 0 Å². The lowest BCUT2D eigenvalue weighted by atomic mass is 9.86. The van der Waals surface area contributed by atoms with Crippen LogP contribution in [0.4, 0.5) is 8.78 Å². The quantitative estimate of drug-likeness (QED) is 0.874. The van der Waals surface area contributed by atoms with E-state index in [9.17, 15) is 18.4 Å². The van der Waals surface area contributed by atoms with E-state index in [0.717, 1.165) is 11.3 Å². The maximum absolute atomic E-state index is 12.8. The van der Waals surface area contributed by atoms with E-state index in [1.807, 2.05) is 0 Å². The van der Waals surface area contributed by atoms with Crippen LogP contribution in [0.2, 0.25) is 0 Å². The summed E-state index contributed by atoms with van der Waals surface area (Å²) in [4.78, 5) is 23.2. The zero-order valence-electron chi connectivity index (χ0n) is 11.1. The second-order valence-corrected chi connectivity index (χ2v) is 5.70. The summed E-state index contributed by atoms with van der Waals surface area (Å²) in [5.74, 6) is -1.70. The van der Waals surface area contributed by atoms with Crippen LogP contribution >= 0.6 is 11.3 Å². The van der Waals surface area contributed by atoms with E-state index in [0.29, 0.717) is 26.1 Å². The number of carboxylic acid groups (broad SMARTS) is 1. The van der Waals surface area contributed by atoms with Crippen LogP contribution in [0.15, 0.2) is 10.8 Å². The van der Waals surface area contributed by atoms with Crippen molar-refractivity contribution in [3.05, 3.63) is 21.9 Å². The molecule has 2 heterocycles. The lowest BCUT2D eigenvalue weighted by Crippen LogP contribution is -2.53. The van der Waals surface area contributed by atoms with E-state index in [1.54, 1.807) is 0 Å². The Morgan fingerprint density at radius 1 is 1.38 bits per heavy atom. The largest absolute Gasteiger partial charge is 0.481 e. The van der Waals surface area contributed by atoms with Gasteiger partial charge in [0.1, 0.15) is 0 Å². The summed E-state index contributed by atoms with van der Waals surface area (Å²) in [7, 11) is 0. The SMILES string of the molecule is O=C(O)CC1(NC(=O)c2cscc2C(F)F)CCOCC1. The summed E-state index contributed by atoms with van der Waals surface area (Å²) < 4.78 is 30.8. The van der Waals surface area contributed by atoms with E-state index in [-0.39, 0.29) is 17.5 Å². The number of alkyl halides is 2. The molecule has 1 aliphatic heterocycles. The van der Waals surface area contributed by atoms with Gasteiger partial charge in [-0.15, -0.1) is 0 Å². The molecule has 1 aliphatic rings. The van der Waals surface area contributed by atoms with Gasteiger partial charge in [0.15, 0.2) is 0 Å². The fourth-order valence-corrected chi connectivity index (χ4v) is 3.19. The summed E-state index contributed by atoms with van der Waals surface area (Å²) in [6, 6.07) is 0. The molecule has 0 radical (unpaired) electrons. The molecule has 0 bridgehead atoms. The van der Waals surface area contributed by atoms with Crippen molar-refractivity contribution in [1.29, 1.82) is 0 Å². The van der Waals surface area contributed by atoms with Gasteiger partial charge in [0.2, 0.25) is 0 Å². The van der Waals surface area contributed by atoms with Crippen LogP contribution in [-0.2, 0) is 9.53 Å². The molecular weight excluding hydrogens is 304 g/mol. The van der Waals surface area contributed by atoms with E-state index in [4.69, 9.17) is 9.84 Å². The monoisotopic (exact) mass is 319 g/mol. The number of carbonyl (C=O) groups excluding carboxylic acids is 1. The number of thiophene rings is 1. The minimum atomic E-state index is -2.73. The average Bonchev–Trinajstić information content (AvgIpc) is 2.87. The molecule has 0 saturated carbocycles. The third kappa shape index (κ3) is 3.76. The van der Waals surface area contributed by atoms with Gasteiger partial charge in [0.25, 0.3) is 12.3 Å². The summed E-state index contributed by atoms with van der Waals surface area (Å²) in [6.07, 6.45) is -2.30. The van der Waals surface area contributed by atoms with Crippen molar-refractivity contribution in [1.82, 2.24) is 5.32 Å². The fraction of sp³-hybridized carbons (Fsp3) is 0.538. The first kappa shape index (κ1) is 15.8. The van der Waals surface area contributed by atoms with Gasteiger partial charge in [0.05, 0.1) is 17.5 Å². The summed E-state index contributed by atoms with van der Waals surface area (Å²) in [6.45, 7) is 0.664. The zero-order valence-corrected chi connectivity index (χ0v) is 11.9. The minimum absolute atomic E-state index is 0.0914. The maximum atomic E-state index is 12.8. The van der Waals surface area contributed by atoms with Crippen LogP contribution in [-0.4, -0.2) is 35.7 Å². The molecule has 1 saturated heterocycles. The van der Waals surface area contributed by atoms with Crippen molar-refractivity contribution in [3.8, 4) is 0 Å². The first-order valence-corrected chi connectivity index (χ1v) is 7.34. The summed E-state index contributed by atoms with van der Waals surface area (Å²) in [5, 5.41) is 14.2. The Kier molecular flexibility index (Phi) is 4.89. The van der Waals surface area contributed by atoms with E-state index in [2.05, 4.69) is 5.32 Å². The molecule has 0 aromatic carbocycles. The van der Waals surface area contributed by atoms with Gasteiger partial charge in [-0.3, -0.25) is 9.59 Å². The third-order valence-corrected chi connectivity index (χ3v) is 4.25. The molecule has 2 N–H and O–H groups in total. The highest BCUT2D eigenvalue weighted by atomic mass is 32.1. The zero-order chi connectivity index (χ0) is 15.5. The smallest absolute Gasteiger partial charge is 0.305 e. The molecule has 5 nitrogen and oxygen atoms in total. The van der Waals surface area contributed by atoms with Gasteiger partial charge < -0.3 is 15.2 Å². The highest BCUT2D eigenvalue weighted by Gasteiger charge is 2.37. The van der Waals surface area contributed by atoms with Gasteiger partial charge in [-0.1, -0.05) is 0 Å². The minimum Gasteiger partial charge on any atom is -0.481 e. The van der Waals surface area contributed by atoms with E-state index < -0.39 is 23.8 Å². The summed E-state index contributed by atoms with van der Waals surface area (Å²) in [5.41, 5.74) is -1.36. The molecule has 1 aromatic rings. The van der Waals surface area contributed by atoms with Gasteiger partial charge in [-0.25, -0.2) is 8.78 Å². The van der Waals surface area contributed by atoms with Crippen molar-refractivity contribution in [3.63, 3.8) is 0 Å². The number of hydrogen-bond acceptors (Lipinski definition) is 4. The number of aliphatic carboxylic acids is 1. The Balaban J connectivity index is 2.17. The lowest BCUT2D eigenvalue weighted by Gasteiger charge is -2.36. The molecule has 1 amide bonds. The van der Waals surface area contributed by atoms with E-state index >= 15 is 0 Å². The number of rotatable bonds is 5. The molecule has 2 rings (SSSR count). The number of ether oxygens (including phenoxy) is 1. The molecule has 0 aliphatic carbocycles. The third-order valence-electron chi connectivity index (χ3n) is 3.49. The molecular formula is C13H15F2NO4S.